The van der Waals surface area contributed by atoms with E-state index in [0.717, 1.165) is 184 Å². The second-order valence-corrected chi connectivity index (χ2v) is 47.6. The lowest BCUT2D eigenvalue weighted by molar-refractivity contribution is 0.568. The molecule has 0 unspecified atom stereocenters. The van der Waals surface area contributed by atoms with Crippen molar-refractivity contribution in [3.63, 3.8) is 0 Å². The average Bonchev–Trinajstić information content (AvgIpc) is 0.690. The minimum absolute atomic E-state index is 0.339. The monoisotopic (exact) mass is 1870 g/mol. The fraction of sp³-hybridized carbons (Fsp3) is 0.232. The summed E-state index contributed by atoms with van der Waals surface area (Å²) in [4.78, 5) is 10.4. The van der Waals surface area contributed by atoms with Crippen LogP contribution in [0.2, 0.25) is 0 Å². The van der Waals surface area contributed by atoms with E-state index in [-0.39, 0.29) is 49.1 Å². The molecule has 0 bridgehead atoms. The summed E-state index contributed by atoms with van der Waals surface area (Å²) in [6.07, 6.45) is 0. The number of anilines is 12. The number of halogens is 1. The van der Waals surface area contributed by atoms with Crippen LogP contribution in [-0.2, 0) is 43.3 Å². The van der Waals surface area contributed by atoms with Gasteiger partial charge in [-0.05, 0) is 194 Å². The Labute approximate surface area is 850 Å². The molecule has 0 heterocycles. The number of rotatable bonds is 19. The van der Waals surface area contributed by atoms with Crippen LogP contribution in [0.5, 0.6) is 0 Å². The van der Waals surface area contributed by atoms with Crippen LogP contribution in [0.15, 0.2) is 394 Å². The summed E-state index contributed by atoms with van der Waals surface area (Å²) in [6, 6.07) is 148. The Kier molecular flexibility index (Phi) is 25.4. The molecule has 0 atom stereocenters. The molecule has 0 fully saturated rings. The van der Waals surface area contributed by atoms with Crippen molar-refractivity contribution in [3.05, 3.63) is 445 Å². The van der Waals surface area contributed by atoms with Gasteiger partial charge in [-0.3, -0.25) is 0 Å². The fourth-order valence-electron chi connectivity index (χ4n) is 20.7. The molecular weight excluding hydrogens is 1730 g/mol. The predicted octanol–water partition coefficient (Wildman–Crippen LogP) is 40.7. The van der Waals surface area contributed by atoms with Crippen molar-refractivity contribution >= 4 is 101 Å². The molecule has 0 aliphatic rings. The molecule has 0 aliphatic heterocycles. The van der Waals surface area contributed by atoms with E-state index >= 15 is 4.39 Å². The van der Waals surface area contributed by atoms with Crippen LogP contribution < -0.4 is 19.6 Å². The van der Waals surface area contributed by atoms with Crippen molar-refractivity contribution in [1.29, 1.82) is 0 Å². The Morgan fingerprint density at radius 1 is 0.154 bits per heavy atom. The highest BCUT2D eigenvalue weighted by Gasteiger charge is 2.39. The number of nitrogens with zero attached hydrogens (tertiary/aromatic N) is 4. The zero-order chi connectivity index (χ0) is 101. The average molecular weight is 1870 g/mol. The third-order valence-electron chi connectivity index (χ3n) is 29.0. The Balaban J connectivity index is 1.15. The zero-order valence-corrected chi connectivity index (χ0v) is 88.2. The summed E-state index contributed by atoms with van der Waals surface area (Å²) in [5.74, 6) is -0.366. The molecule has 5 heteroatoms. The summed E-state index contributed by atoms with van der Waals surface area (Å²) >= 11 is 0. The van der Waals surface area contributed by atoms with E-state index in [4.69, 9.17) is 0 Å². The highest BCUT2D eigenvalue weighted by molar-refractivity contribution is 6.34. The number of para-hydroxylation sites is 4. The van der Waals surface area contributed by atoms with Crippen LogP contribution in [0.4, 0.5) is 72.6 Å². The van der Waals surface area contributed by atoms with Gasteiger partial charge >= 0.3 is 0 Å². The quantitative estimate of drug-likeness (QED) is 0.0748. The summed E-state index contributed by atoms with van der Waals surface area (Å²) in [5.41, 5.74) is 31.8. The van der Waals surface area contributed by atoms with Gasteiger partial charge < -0.3 is 19.6 Å². The molecule has 0 N–H and O–H groups in total. The fourth-order valence-corrected chi connectivity index (χ4v) is 20.7. The van der Waals surface area contributed by atoms with E-state index in [1.165, 1.54) is 33.4 Å². The number of benzene rings is 19. The summed E-state index contributed by atoms with van der Waals surface area (Å²) < 4.78 is 20.1. The predicted molar refractivity (Wildman–Crippen MR) is 616 cm³/mol. The van der Waals surface area contributed by atoms with Crippen LogP contribution >= 0.6 is 0 Å². The lowest BCUT2D eigenvalue weighted by Crippen LogP contribution is -2.22. The van der Waals surface area contributed by atoms with Gasteiger partial charge in [-0.15, -0.1) is 0 Å². The van der Waals surface area contributed by atoms with E-state index in [9.17, 15) is 0 Å². The molecule has 0 amide bonds. The van der Waals surface area contributed by atoms with Crippen molar-refractivity contribution in [2.45, 2.75) is 209 Å². The maximum Gasteiger partial charge on any atom is 0.147 e. The van der Waals surface area contributed by atoms with Crippen molar-refractivity contribution in [2.75, 3.05) is 19.6 Å². The molecule has 143 heavy (non-hydrogen) atoms. The Hall–Kier alpha value is -14.7. The highest BCUT2D eigenvalue weighted by atomic mass is 19.1. The largest absolute Gasteiger partial charge is 0.309 e. The second-order valence-electron chi connectivity index (χ2n) is 47.6. The summed E-state index contributed by atoms with van der Waals surface area (Å²) in [5, 5.41) is 5.91. The second kappa shape index (κ2) is 37.3. The first-order valence-electron chi connectivity index (χ1n) is 51.1. The first-order chi connectivity index (χ1) is 67.9. The minimum atomic E-state index is -0.384. The topological polar surface area (TPSA) is 13.0 Å². The highest BCUT2D eigenvalue weighted by Crippen LogP contribution is 2.62. The van der Waals surface area contributed by atoms with Gasteiger partial charge in [0, 0.05) is 94.0 Å². The van der Waals surface area contributed by atoms with Crippen LogP contribution in [0.3, 0.4) is 0 Å². The van der Waals surface area contributed by atoms with E-state index in [1.807, 2.05) is 6.07 Å². The van der Waals surface area contributed by atoms with Crippen molar-refractivity contribution in [1.82, 2.24) is 0 Å². The Bertz CT molecular complexity index is 7390. The lowest BCUT2D eigenvalue weighted by Gasteiger charge is -2.38. The smallest absolute Gasteiger partial charge is 0.147 e. The van der Waals surface area contributed by atoms with Gasteiger partial charge in [0.25, 0.3) is 0 Å². The van der Waals surface area contributed by atoms with Crippen LogP contribution in [0.1, 0.15) is 211 Å². The molecule has 19 rings (SSSR count). The zero-order valence-electron chi connectivity index (χ0n) is 88.2. The van der Waals surface area contributed by atoms with Crippen LogP contribution in [-0.4, -0.2) is 0 Å². The van der Waals surface area contributed by atoms with Gasteiger partial charge in [0.1, 0.15) is 5.82 Å². The maximum absolute atomic E-state index is 20.1. The maximum atomic E-state index is 20.1. The summed E-state index contributed by atoms with van der Waals surface area (Å²) in [7, 11) is 0. The standard InChI is InChI=1S/C138H137FN4/c1-131(2,3)97-76-98(132(4,5)6)81-105(80-97)140(127-109(90-50-32-25-33-51-90)64-46-65-110(127)91-52-34-26-35-53-91)121-88-122(141(106-82-99(133(7,8)9)77-100(83-106)134(10,11)12)128-111(92-54-36-27-37-55-92)66-47-67-112(128)93-56-38-28-39-57-93)117-74-75-119-124(143(108-86-103(137(19,20)21)79-104(87-108)138(22,23)24)130-115(70-49-71-120(130)139)96-62-44-31-45-63-96)89-123(118-73-72-116(121)125(117)126(118)119)142(107-84-101(135(13,14)15)78-102(85-107)136(16,17)18)129-113(94-58-40-29-41-59-94)68-48-69-114(129)95-60-42-30-43-61-95/h25-89H,1-24H3. The van der Waals surface area contributed by atoms with E-state index < -0.39 is 0 Å². The van der Waals surface area contributed by atoms with Gasteiger partial charge in [-0.1, -0.05) is 494 Å². The van der Waals surface area contributed by atoms with E-state index in [0.29, 0.717) is 5.69 Å². The van der Waals surface area contributed by atoms with Crippen molar-refractivity contribution < 1.29 is 4.39 Å². The molecule has 0 radical (unpaired) electrons. The first kappa shape index (κ1) is 97.2. The van der Waals surface area contributed by atoms with Crippen molar-refractivity contribution in [2.24, 2.45) is 0 Å². The normalized spacial score (nSPS) is 12.5. The van der Waals surface area contributed by atoms with Crippen molar-refractivity contribution in [3.8, 4) is 77.9 Å². The van der Waals surface area contributed by atoms with Gasteiger partial charge in [-0.25, -0.2) is 4.39 Å². The third kappa shape index (κ3) is 19.1. The SMILES string of the molecule is CC(C)(C)c1cc(N(c2c(F)cccc2-c2ccccc2)c2cc(N(c3cc(C(C)(C)C)cc(C(C)(C)C)c3)c3c(-c4ccccc4)cccc3-c3ccccc3)c3ccc4c(N(c5cc(C(C)(C)C)cc(C(C)(C)C)c5)c5c(-c6ccccc6)cccc5-c5ccccc5)cc(N(c5cc(C(C)(C)C)cc(C(C)(C)C)c5)c5c(-c6ccccc6)cccc5-c5ccccc5)c5ccc2c3c54)cc(C(C)(C)C)c1. The van der Waals surface area contributed by atoms with E-state index in [2.05, 4.69) is 568 Å². The van der Waals surface area contributed by atoms with E-state index in [1.54, 1.807) is 6.07 Å². The molecule has 19 aromatic rings. The molecule has 0 saturated heterocycles. The third-order valence-corrected chi connectivity index (χ3v) is 29.0. The van der Waals surface area contributed by atoms with Gasteiger partial charge in [0.05, 0.1) is 45.5 Å². The molecule has 0 saturated carbocycles. The number of hydrogen-bond donors (Lipinski definition) is 0. The molecule has 19 aromatic carbocycles. The number of hydrogen-bond acceptors (Lipinski definition) is 4. The minimum Gasteiger partial charge on any atom is -0.309 e. The molecule has 716 valence electrons. The van der Waals surface area contributed by atoms with Gasteiger partial charge in [0.15, 0.2) is 0 Å². The lowest BCUT2D eigenvalue weighted by atomic mass is 9.79. The molecule has 0 aromatic heterocycles. The molecule has 4 nitrogen and oxygen atoms in total. The molecule has 0 aliphatic carbocycles. The van der Waals surface area contributed by atoms with Crippen LogP contribution in [0, 0.1) is 5.82 Å². The Morgan fingerprint density at radius 3 is 0.476 bits per heavy atom. The summed E-state index contributed by atoms with van der Waals surface area (Å²) in [6.45, 7) is 56.5. The van der Waals surface area contributed by atoms with Gasteiger partial charge in [0.2, 0.25) is 0 Å². The molecular formula is C138H137FN4. The first-order valence-corrected chi connectivity index (χ1v) is 51.1. The van der Waals surface area contributed by atoms with Crippen LogP contribution in [0.25, 0.3) is 110 Å². The Morgan fingerprint density at radius 2 is 0.308 bits per heavy atom. The van der Waals surface area contributed by atoms with Gasteiger partial charge in [-0.2, -0.15) is 0 Å². The molecule has 0 spiro atoms.